The molecule has 134 valence electrons. The van der Waals surface area contributed by atoms with Gasteiger partial charge in [0.15, 0.2) is 11.5 Å². The fourth-order valence-corrected chi connectivity index (χ4v) is 2.61. The number of para-hydroxylation sites is 1. The van der Waals surface area contributed by atoms with E-state index < -0.39 is 10.9 Å². The zero-order valence-corrected chi connectivity index (χ0v) is 14.0. The van der Waals surface area contributed by atoms with Gasteiger partial charge in [-0.05, 0) is 19.4 Å². The van der Waals surface area contributed by atoms with Crippen LogP contribution in [-0.2, 0) is 11.3 Å². The van der Waals surface area contributed by atoms with Crippen LogP contribution >= 0.6 is 0 Å². The molecule has 0 radical (unpaired) electrons. The summed E-state index contributed by atoms with van der Waals surface area (Å²) < 4.78 is 6.95. The second kappa shape index (κ2) is 7.13. The quantitative estimate of drug-likeness (QED) is 0.305. The monoisotopic (exact) mass is 356 g/mol. The summed E-state index contributed by atoms with van der Waals surface area (Å²) in [6, 6.07) is 4.55. The van der Waals surface area contributed by atoms with Crippen molar-refractivity contribution in [1.29, 1.82) is 0 Å². The lowest BCUT2D eigenvalue weighted by Crippen LogP contribution is -2.11. The van der Waals surface area contributed by atoms with Gasteiger partial charge in [-0.15, -0.1) is 0 Å². The molecule has 0 saturated carbocycles. The van der Waals surface area contributed by atoms with Crippen LogP contribution < -0.4 is 5.73 Å². The number of anilines is 1. The Labute approximate surface area is 147 Å². The third-order valence-electron chi connectivity index (χ3n) is 3.85. The van der Waals surface area contributed by atoms with Crippen LogP contribution in [0.2, 0.25) is 0 Å². The fraction of sp³-hybridized carbons (Fsp3) is 0.250. The van der Waals surface area contributed by atoms with Crippen molar-refractivity contribution in [3.05, 3.63) is 52.1 Å². The van der Waals surface area contributed by atoms with Gasteiger partial charge in [0, 0.05) is 12.1 Å². The lowest BCUT2D eigenvalue weighted by molar-refractivity contribution is -0.385. The van der Waals surface area contributed by atoms with Gasteiger partial charge in [0.2, 0.25) is 0 Å². The zero-order chi connectivity index (χ0) is 18.7. The van der Waals surface area contributed by atoms with Gasteiger partial charge in [-0.3, -0.25) is 10.1 Å². The largest absolute Gasteiger partial charge is 0.462 e. The van der Waals surface area contributed by atoms with E-state index in [9.17, 15) is 14.9 Å². The maximum Gasteiger partial charge on any atom is 0.345 e. The third kappa shape index (κ3) is 3.29. The Morgan fingerprint density at radius 3 is 2.92 bits per heavy atom. The number of aromatic nitrogens is 4. The maximum atomic E-state index is 12.2. The van der Waals surface area contributed by atoms with Crippen LogP contribution in [0.3, 0.4) is 0 Å². The average Bonchev–Trinajstić information content (AvgIpc) is 3.02. The SMILES string of the molecule is Cc1cccc(C(=O)OCCCn2cnc3c(N)ncnc32)c1[N+](=O)[O-]. The summed E-state index contributed by atoms with van der Waals surface area (Å²) in [6.45, 7) is 2.17. The topological polar surface area (TPSA) is 139 Å². The molecule has 0 saturated heterocycles. The van der Waals surface area contributed by atoms with Crippen molar-refractivity contribution in [2.45, 2.75) is 19.9 Å². The van der Waals surface area contributed by atoms with Crippen LogP contribution in [0.4, 0.5) is 11.5 Å². The molecule has 0 spiro atoms. The number of hydrogen-bond acceptors (Lipinski definition) is 8. The molecule has 0 fully saturated rings. The van der Waals surface area contributed by atoms with Gasteiger partial charge in [0.25, 0.3) is 5.69 Å². The zero-order valence-electron chi connectivity index (χ0n) is 14.0. The first-order valence-corrected chi connectivity index (χ1v) is 7.81. The van der Waals surface area contributed by atoms with Crippen molar-refractivity contribution in [2.75, 3.05) is 12.3 Å². The number of carbonyl (C=O) groups is 1. The number of rotatable bonds is 6. The fourth-order valence-electron chi connectivity index (χ4n) is 2.61. The number of imidazole rings is 1. The number of aryl methyl sites for hydroxylation is 2. The molecule has 26 heavy (non-hydrogen) atoms. The summed E-state index contributed by atoms with van der Waals surface area (Å²) in [5.74, 6) is -0.422. The van der Waals surface area contributed by atoms with Gasteiger partial charge in [0.05, 0.1) is 17.9 Å². The molecule has 2 aromatic heterocycles. The number of nitrogen functional groups attached to an aromatic ring is 1. The Kier molecular flexibility index (Phi) is 4.74. The highest BCUT2D eigenvalue weighted by Crippen LogP contribution is 2.23. The molecule has 0 aliphatic carbocycles. The molecule has 3 rings (SSSR count). The molecule has 2 N–H and O–H groups in total. The van der Waals surface area contributed by atoms with E-state index in [1.807, 2.05) is 0 Å². The van der Waals surface area contributed by atoms with E-state index in [4.69, 9.17) is 10.5 Å². The second-order valence-corrected chi connectivity index (χ2v) is 5.59. The number of fused-ring (bicyclic) bond motifs is 1. The Hall–Kier alpha value is -3.56. The highest BCUT2D eigenvalue weighted by Gasteiger charge is 2.23. The molecule has 10 heteroatoms. The van der Waals surface area contributed by atoms with Crippen molar-refractivity contribution >= 4 is 28.6 Å². The molecular weight excluding hydrogens is 340 g/mol. The van der Waals surface area contributed by atoms with Gasteiger partial charge in [-0.25, -0.2) is 19.7 Å². The predicted molar refractivity (Wildman–Crippen MR) is 92.5 cm³/mol. The molecule has 0 aliphatic rings. The summed E-state index contributed by atoms with van der Waals surface area (Å²) in [5.41, 5.74) is 6.96. The van der Waals surface area contributed by atoms with E-state index in [1.54, 1.807) is 30.0 Å². The van der Waals surface area contributed by atoms with Gasteiger partial charge in [-0.2, -0.15) is 0 Å². The van der Waals surface area contributed by atoms with Crippen molar-refractivity contribution in [3.63, 3.8) is 0 Å². The number of nitrogens with zero attached hydrogens (tertiary/aromatic N) is 5. The summed E-state index contributed by atoms with van der Waals surface area (Å²) in [6.07, 6.45) is 3.43. The number of benzene rings is 1. The summed E-state index contributed by atoms with van der Waals surface area (Å²) in [4.78, 5) is 34.9. The molecular formula is C16H16N6O4. The Balaban J connectivity index is 1.62. The number of ether oxygens (including phenoxy) is 1. The number of nitro groups is 1. The first-order valence-electron chi connectivity index (χ1n) is 7.81. The third-order valence-corrected chi connectivity index (χ3v) is 3.85. The summed E-state index contributed by atoms with van der Waals surface area (Å²) in [7, 11) is 0. The molecule has 0 amide bonds. The van der Waals surface area contributed by atoms with Crippen molar-refractivity contribution in [1.82, 2.24) is 19.5 Å². The number of esters is 1. The Morgan fingerprint density at radius 1 is 1.35 bits per heavy atom. The number of nitrogens with two attached hydrogens (primary N) is 1. The minimum absolute atomic E-state index is 0.0522. The molecule has 10 nitrogen and oxygen atoms in total. The normalized spacial score (nSPS) is 10.8. The molecule has 0 bridgehead atoms. The lowest BCUT2D eigenvalue weighted by Gasteiger charge is -2.07. The van der Waals surface area contributed by atoms with Gasteiger partial charge >= 0.3 is 5.97 Å². The maximum absolute atomic E-state index is 12.2. The van der Waals surface area contributed by atoms with E-state index in [0.717, 1.165) is 0 Å². The predicted octanol–water partition coefficient (Wildman–Crippen LogP) is 1.87. The van der Waals surface area contributed by atoms with Crippen LogP contribution in [0.1, 0.15) is 22.3 Å². The average molecular weight is 356 g/mol. The van der Waals surface area contributed by atoms with Crippen LogP contribution in [0.25, 0.3) is 11.2 Å². The minimum atomic E-state index is -0.720. The van der Waals surface area contributed by atoms with Gasteiger partial charge < -0.3 is 15.0 Å². The smallest absolute Gasteiger partial charge is 0.345 e. The molecule has 2 heterocycles. The van der Waals surface area contributed by atoms with Crippen LogP contribution in [0.5, 0.6) is 0 Å². The molecule has 1 aromatic carbocycles. The van der Waals surface area contributed by atoms with E-state index in [1.165, 1.54) is 12.4 Å². The first-order chi connectivity index (χ1) is 12.5. The Bertz CT molecular complexity index is 984. The first kappa shape index (κ1) is 17.3. The van der Waals surface area contributed by atoms with Crippen LogP contribution in [0, 0.1) is 17.0 Å². The van der Waals surface area contributed by atoms with Crippen molar-refractivity contribution < 1.29 is 14.5 Å². The van der Waals surface area contributed by atoms with E-state index in [0.29, 0.717) is 35.5 Å². The van der Waals surface area contributed by atoms with E-state index >= 15 is 0 Å². The molecule has 0 unspecified atom stereocenters. The van der Waals surface area contributed by atoms with Crippen molar-refractivity contribution in [2.24, 2.45) is 0 Å². The van der Waals surface area contributed by atoms with Crippen LogP contribution in [-0.4, -0.2) is 37.0 Å². The molecule has 0 aliphatic heterocycles. The van der Waals surface area contributed by atoms with E-state index in [-0.39, 0.29) is 17.9 Å². The number of carbonyl (C=O) groups excluding carboxylic acids is 1. The van der Waals surface area contributed by atoms with Gasteiger partial charge in [-0.1, -0.05) is 12.1 Å². The summed E-state index contributed by atoms with van der Waals surface area (Å²) in [5, 5.41) is 11.1. The lowest BCUT2D eigenvalue weighted by atomic mass is 10.1. The highest BCUT2D eigenvalue weighted by molar-refractivity contribution is 5.94. The number of hydrogen-bond donors (Lipinski definition) is 1. The second-order valence-electron chi connectivity index (χ2n) is 5.59. The standard InChI is InChI=1S/C16H16N6O4/c1-10-4-2-5-11(13(10)22(24)25)16(23)26-7-3-6-21-9-20-12-14(17)18-8-19-15(12)21/h2,4-5,8-9H,3,6-7H2,1H3,(H2,17,18,19). The van der Waals surface area contributed by atoms with Crippen LogP contribution in [0.15, 0.2) is 30.9 Å². The molecule has 0 atom stereocenters. The minimum Gasteiger partial charge on any atom is -0.462 e. The molecule has 3 aromatic rings. The van der Waals surface area contributed by atoms with E-state index in [2.05, 4.69) is 15.0 Å². The summed E-state index contributed by atoms with van der Waals surface area (Å²) >= 11 is 0. The van der Waals surface area contributed by atoms with Crippen molar-refractivity contribution in [3.8, 4) is 0 Å². The number of nitro benzene ring substituents is 1. The highest BCUT2D eigenvalue weighted by atomic mass is 16.6. The Morgan fingerprint density at radius 2 is 2.15 bits per heavy atom. The van der Waals surface area contributed by atoms with Gasteiger partial charge in [0.1, 0.15) is 17.4 Å².